The van der Waals surface area contributed by atoms with E-state index >= 15 is 0 Å². The predicted octanol–water partition coefficient (Wildman–Crippen LogP) is 3.59. The quantitative estimate of drug-likeness (QED) is 0.898. The fourth-order valence-corrected chi connectivity index (χ4v) is 2.43. The molecule has 3 nitrogen and oxygen atoms in total. The smallest absolute Gasteiger partial charge is 0.176 e. The van der Waals surface area contributed by atoms with E-state index in [1.54, 1.807) is 7.11 Å². The van der Waals surface area contributed by atoms with Gasteiger partial charge in [0.25, 0.3) is 0 Å². The highest BCUT2D eigenvalue weighted by Crippen LogP contribution is 2.37. The third kappa shape index (κ3) is 1.99. The van der Waals surface area contributed by atoms with Crippen LogP contribution in [-0.4, -0.2) is 7.11 Å². The molecule has 18 heavy (non-hydrogen) atoms. The number of fused-ring (bicyclic) bond motifs is 1. The Morgan fingerprint density at radius 3 is 2.56 bits per heavy atom. The van der Waals surface area contributed by atoms with Gasteiger partial charge in [-0.2, -0.15) is 0 Å². The summed E-state index contributed by atoms with van der Waals surface area (Å²) in [4.78, 5) is 0. The van der Waals surface area contributed by atoms with Gasteiger partial charge in [0.1, 0.15) is 5.76 Å². The van der Waals surface area contributed by atoms with Crippen LogP contribution in [0.1, 0.15) is 43.6 Å². The van der Waals surface area contributed by atoms with Crippen molar-refractivity contribution in [3.63, 3.8) is 0 Å². The molecule has 1 heterocycles. The second-order valence-electron chi connectivity index (χ2n) is 4.83. The van der Waals surface area contributed by atoms with E-state index < -0.39 is 0 Å². The van der Waals surface area contributed by atoms with Gasteiger partial charge >= 0.3 is 0 Å². The molecule has 1 aromatic carbocycles. The number of nitrogens with two attached hydrogens (primary N) is 1. The third-order valence-electron chi connectivity index (χ3n) is 3.32. The summed E-state index contributed by atoms with van der Waals surface area (Å²) < 4.78 is 11.3. The van der Waals surface area contributed by atoms with Crippen molar-refractivity contribution < 1.29 is 9.15 Å². The molecule has 0 saturated carbocycles. The first-order valence-electron chi connectivity index (χ1n) is 6.44. The molecule has 2 N–H and O–H groups in total. The molecule has 0 unspecified atom stereocenters. The highest BCUT2D eigenvalue weighted by molar-refractivity contribution is 5.88. The second-order valence-corrected chi connectivity index (χ2v) is 4.83. The SMILES string of the molecule is CCc1cc(OC)c2oc(CN)c(C(C)C)c2c1. The largest absolute Gasteiger partial charge is 0.493 e. The Hall–Kier alpha value is -1.48. The molecule has 0 atom stereocenters. The summed E-state index contributed by atoms with van der Waals surface area (Å²) in [6.45, 7) is 6.88. The van der Waals surface area contributed by atoms with E-state index in [-0.39, 0.29) is 0 Å². The van der Waals surface area contributed by atoms with E-state index in [4.69, 9.17) is 14.9 Å². The van der Waals surface area contributed by atoms with Crippen molar-refractivity contribution in [2.45, 2.75) is 39.7 Å². The monoisotopic (exact) mass is 247 g/mol. The van der Waals surface area contributed by atoms with Crippen LogP contribution in [0.3, 0.4) is 0 Å². The van der Waals surface area contributed by atoms with Gasteiger partial charge in [0.2, 0.25) is 0 Å². The number of ether oxygens (including phenoxy) is 1. The summed E-state index contributed by atoms with van der Waals surface area (Å²) >= 11 is 0. The Bertz CT molecular complexity index is 555. The summed E-state index contributed by atoms with van der Waals surface area (Å²) in [5, 5.41) is 1.14. The lowest BCUT2D eigenvalue weighted by Crippen LogP contribution is -1.99. The van der Waals surface area contributed by atoms with Crippen molar-refractivity contribution in [2.75, 3.05) is 7.11 Å². The first-order valence-corrected chi connectivity index (χ1v) is 6.44. The van der Waals surface area contributed by atoms with Crippen LogP contribution < -0.4 is 10.5 Å². The molecule has 0 saturated heterocycles. The molecule has 0 amide bonds. The van der Waals surface area contributed by atoms with Gasteiger partial charge in [-0.05, 0) is 30.0 Å². The van der Waals surface area contributed by atoms with Crippen molar-refractivity contribution in [3.8, 4) is 5.75 Å². The average molecular weight is 247 g/mol. The van der Waals surface area contributed by atoms with E-state index in [1.165, 1.54) is 11.1 Å². The van der Waals surface area contributed by atoms with Gasteiger partial charge in [-0.15, -0.1) is 0 Å². The third-order valence-corrected chi connectivity index (χ3v) is 3.32. The number of rotatable bonds is 4. The van der Waals surface area contributed by atoms with Crippen molar-refractivity contribution in [3.05, 3.63) is 29.0 Å². The highest BCUT2D eigenvalue weighted by atomic mass is 16.5. The summed E-state index contributed by atoms with van der Waals surface area (Å²) in [7, 11) is 1.67. The maximum atomic E-state index is 5.88. The number of furan rings is 1. The minimum atomic E-state index is 0.390. The fraction of sp³-hybridized carbons (Fsp3) is 0.467. The molecule has 3 heteroatoms. The van der Waals surface area contributed by atoms with Gasteiger partial charge in [-0.1, -0.05) is 20.8 Å². The molecule has 0 radical (unpaired) electrons. The summed E-state index contributed by atoms with van der Waals surface area (Å²) in [6, 6.07) is 4.23. The van der Waals surface area contributed by atoms with Crippen molar-refractivity contribution in [1.29, 1.82) is 0 Å². The zero-order valence-electron chi connectivity index (χ0n) is 11.5. The summed E-state index contributed by atoms with van der Waals surface area (Å²) in [5.41, 5.74) is 9.06. The molecule has 2 aromatic rings. The zero-order chi connectivity index (χ0) is 13.3. The number of benzene rings is 1. The Morgan fingerprint density at radius 2 is 2.06 bits per heavy atom. The molecular weight excluding hydrogens is 226 g/mol. The highest BCUT2D eigenvalue weighted by Gasteiger charge is 2.19. The number of aryl methyl sites for hydroxylation is 1. The minimum absolute atomic E-state index is 0.390. The van der Waals surface area contributed by atoms with Gasteiger partial charge < -0.3 is 14.9 Å². The fourth-order valence-electron chi connectivity index (χ4n) is 2.43. The van der Waals surface area contributed by atoms with E-state index in [0.29, 0.717) is 12.5 Å². The maximum absolute atomic E-state index is 5.88. The van der Waals surface area contributed by atoms with Crippen LogP contribution in [0, 0.1) is 0 Å². The topological polar surface area (TPSA) is 48.4 Å². The number of hydrogen-bond acceptors (Lipinski definition) is 3. The minimum Gasteiger partial charge on any atom is -0.493 e. The lowest BCUT2D eigenvalue weighted by Gasteiger charge is -2.07. The maximum Gasteiger partial charge on any atom is 0.176 e. The van der Waals surface area contributed by atoms with Gasteiger partial charge in [-0.3, -0.25) is 0 Å². The van der Waals surface area contributed by atoms with Crippen LogP contribution >= 0.6 is 0 Å². The summed E-state index contributed by atoms with van der Waals surface area (Å²) in [5.74, 6) is 2.05. The first kappa shape index (κ1) is 13.0. The lowest BCUT2D eigenvalue weighted by atomic mass is 9.97. The van der Waals surface area contributed by atoms with Crippen molar-refractivity contribution in [2.24, 2.45) is 5.73 Å². The standard InChI is InChI=1S/C15H21NO2/c1-5-10-6-11-14(9(2)3)13(8-16)18-15(11)12(7-10)17-4/h6-7,9H,5,8,16H2,1-4H3. The normalized spacial score (nSPS) is 11.4. The molecule has 98 valence electrons. The Balaban J connectivity index is 2.80. The molecule has 0 spiro atoms. The predicted molar refractivity (Wildman–Crippen MR) is 74.1 cm³/mol. The Morgan fingerprint density at radius 1 is 1.33 bits per heavy atom. The Kier molecular flexibility index (Phi) is 3.62. The zero-order valence-corrected chi connectivity index (χ0v) is 11.5. The lowest BCUT2D eigenvalue weighted by molar-refractivity contribution is 0.407. The molecule has 1 aromatic heterocycles. The molecule has 0 fully saturated rings. The van der Waals surface area contributed by atoms with Crippen LogP contribution in [-0.2, 0) is 13.0 Å². The molecule has 0 aliphatic heterocycles. The van der Waals surface area contributed by atoms with Gasteiger partial charge in [0, 0.05) is 10.9 Å². The van der Waals surface area contributed by atoms with Gasteiger partial charge in [-0.25, -0.2) is 0 Å². The number of hydrogen-bond donors (Lipinski definition) is 1. The van der Waals surface area contributed by atoms with Crippen LogP contribution in [0.4, 0.5) is 0 Å². The molecule has 0 bridgehead atoms. The van der Waals surface area contributed by atoms with Gasteiger partial charge in [0.05, 0.1) is 13.7 Å². The van der Waals surface area contributed by atoms with Crippen molar-refractivity contribution in [1.82, 2.24) is 0 Å². The van der Waals surface area contributed by atoms with Gasteiger partial charge in [0.15, 0.2) is 11.3 Å². The average Bonchev–Trinajstić information content (AvgIpc) is 2.75. The van der Waals surface area contributed by atoms with E-state index in [2.05, 4.69) is 26.8 Å². The molecule has 0 aliphatic carbocycles. The van der Waals surface area contributed by atoms with E-state index in [9.17, 15) is 0 Å². The molecule has 2 rings (SSSR count). The van der Waals surface area contributed by atoms with E-state index in [0.717, 1.165) is 28.9 Å². The van der Waals surface area contributed by atoms with Crippen LogP contribution in [0.5, 0.6) is 5.75 Å². The molecule has 0 aliphatic rings. The number of methoxy groups -OCH3 is 1. The summed E-state index contributed by atoms with van der Waals surface area (Å²) in [6.07, 6.45) is 0.979. The Labute approximate surface area is 108 Å². The molecular formula is C15H21NO2. The van der Waals surface area contributed by atoms with Crippen molar-refractivity contribution >= 4 is 11.0 Å². The second kappa shape index (κ2) is 5.02. The van der Waals surface area contributed by atoms with Crippen LogP contribution in [0.15, 0.2) is 16.5 Å². The van der Waals surface area contributed by atoms with Crippen LogP contribution in [0.2, 0.25) is 0 Å². The van der Waals surface area contributed by atoms with Crippen LogP contribution in [0.25, 0.3) is 11.0 Å². The first-order chi connectivity index (χ1) is 8.62. The van der Waals surface area contributed by atoms with E-state index in [1.807, 2.05) is 6.07 Å².